The van der Waals surface area contributed by atoms with Crippen molar-refractivity contribution in [2.45, 2.75) is 84.6 Å². The molecule has 7 heteroatoms. The van der Waals surface area contributed by atoms with Crippen LogP contribution >= 0.6 is 0 Å². The van der Waals surface area contributed by atoms with Crippen molar-refractivity contribution in [2.24, 2.45) is 0 Å². The van der Waals surface area contributed by atoms with Crippen molar-refractivity contribution in [1.29, 1.82) is 0 Å². The van der Waals surface area contributed by atoms with Crippen molar-refractivity contribution in [2.75, 3.05) is 25.1 Å². The lowest BCUT2D eigenvalue weighted by atomic mass is 10.1. The number of para-hydroxylation sites is 1. The number of nitrogens with two attached hydrogens (primary N) is 1. The van der Waals surface area contributed by atoms with Gasteiger partial charge in [0.2, 0.25) is 0 Å². The number of amides is 1. The second-order valence-electron chi connectivity index (χ2n) is 9.23. The third-order valence-corrected chi connectivity index (χ3v) is 6.42. The summed E-state index contributed by atoms with van der Waals surface area (Å²) in [6, 6.07) is 14.6. The summed E-state index contributed by atoms with van der Waals surface area (Å²) in [5.74, 6) is -0.00117. The van der Waals surface area contributed by atoms with Gasteiger partial charge >= 0.3 is 5.97 Å². The minimum atomic E-state index is -0.352. The zero-order valence-electron chi connectivity index (χ0n) is 22.8. The maximum absolute atomic E-state index is 12.9. The lowest BCUT2D eigenvalue weighted by Gasteiger charge is -2.12. The van der Waals surface area contributed by atoms with Crippen LogP contribution in [0.5, 0.6) is 5.75 Å². The second-order valence-corrected chi connectivity index (χ2v) is 9.23. The van der Waals surface area contributed by atoms with Crippen molar-refractivity contribution < 1.29 is 41.4 Å². The van der Waals surface area contributed by atoms with Crippen LogP contribution in [-0.4, -0.2) is 37.7 Å². The Hall–Kier alpha value is -2.38. The summed E-state index contributed by atoms with van der Waals surface area (Å²) in [5, 5.41) is 5.12. The highest BCUT2D eigenvalue weighted by atomic mass is 79.9. The van der Waals surface area contributed by atoms with E-state index in [1.807, 2.05) is 18.2 Å². The van der Waals surface area contributed by atoms with Crippen LogP contribution in [0.25, 0.3) is 0 Å². The van der Waals surface area contributed by atoms with Crippen LogP contribution in [0.3, 0.4) is 0 Å². The van der Waals surface area contributed by atoms with Crippen molar-refractivity contribution >= 4 is 17.6 Å². The lowest BCUT2D eigenvalue weighted by molar-refractivity contribution is -0.690. The van der Waals surface area contributed by atoms with Crippen LogP contribution in [-0.2, 0) is 4.74 Å². The average Bonchev–Trinajstić information content (AvgIpc) is 2.90. The van der Waals surface area contributed by atoms with Crippen molar-refractivity contribution in [3.05, 3.63) is 59.7 Å². The molecule has 0 atom stereocenters. The summed E-state index contributed by atoms with van der Waals surface area (Å²) >= 11 is 0. The fraction of sp³-hybridized carbons (Fsp3) is 0.533. The molecular weight excluding hydrogens is 532 g/mol. The summed E-state index contributed by atoms with van der Waals surface area (Å²) < 4.78 is 11.3. The first-order valence-corrected chi connectivity index (χ1v) is 13.7. The number of ether oxygens (including phenoxy) is 2. The van der Waals surface area contributed by atoms with Gasteiger partial charge in [0, 0.05) is 5.69 Å². The van der Waals surface area contributed by atoms with Crippen molar-refractivity contribution in [3.8, 4) is 5.75 Å². The standard InChI is InChI=1S/C30H44N2O4.BrH/c1-4-7-8-9-10-11-14-22-35-28-16-13-12-15-27(28)29(33)32-26-19-17-24(18-20-26)30(34)36-23-21-31-25(5-2)6-3;/h12-13,15-20,25,31H,4-11,14,21-23H2,1-3H3,(H,32,33);1H. The summed E-state index contributed by atoms with van der Waals surface area (Å²) in [5.41, 5.74) is 1.58. The molecule has 0 aliphatic heterocycles. The fourth-order valence-corrected chi connectivity index (χ4v) is 4.07. The zero-order valence-corrected chi connectivity index (χ0v) is 24.4. The number of quaternary nitrogens is 1. The quantitative estimate of drug-likeness (QED) is 0.211. The van der Waals surface area contributed by atoms with Crippen LogP contribution < -0.4 is 32.4 Å². The van der Waals surface area contributed by atoms with Gasteiger partial charge in [-0.2, -0.15) is 0 Å². The van der Waals surface area contributed by atoms with Crippen LogP contribution in [0.4, 0.5) is 5.69 Å². The van der Waals surface area contributed by atoms with Gasteiger partial charge in [0.25, 0.3) is 5.91 Å². The molecule has 0 spiro atoms. The van der Waals surface area contributed by atoms with Crippen LogP contribution in [0, 0.1) is 0 Å². The number of rotatable bonds is 18. The number of nitrogens with one attached hydrogen (secondary N) is 1. The van der Waals surface area contributed by atoms with E-state index in [1.54, 1.807) is 30.3 Å². The maximum atomic E-state index is 12.9. The Bertz CT molecular complexity index is 901. The molecule has 1 amide bonds. The van der Waals surface area contributed by atoms with Crippen LogP contribution in [0.1, 0.15) is 99.3 Å². The Morgan fingerprint density at radius 2 is 1.49 bits per heavy atom. The molecular formula is C30H45BrN2O4. The van der Waals surface area contributed by atoms with Gasteiger partial charge in [0.1, 0.15) is 18.9 Å². The summed E-state index contributed by atoms with van der Waals surface area (Å²) in [6.45, 7) is 8.30. The summed E-state index contributed by atoms with van der Waals surface area (Å²) in [4.78, 5) is 25.2. The zero-order chi connectivity index (χ0) is 26.0. The number of hydrogen-bond donors (Lipinski definition) is 2. The highest BCUT2D eigenvalue weighted by Crippen LogP contribution is 2.21. The van der Waals surface area contributed by atoms with E-state index in [0.29, 0.717) is 41.8 Å². The first-order chi connectivity index (χ1) is 17.6. The maximum Gasteiger partial charge on any atom is 0.338 e. The number of hydrogen-bond acceptors (Lipinski definition) is 4. The Kier molecular flexibility index (Phi) is 17.4. The Balaban J connectivity index is 0.00000684. The van der Waals surface area contributed by atoms with Gasteiger partial charge in [-0.25, -0.2) is 4.79 Å². The normalized spacial score (nSPS) is 10.6. The molecule has 6 nitrogen and oxygen atoms in total. The molecule has 0 aliphatic rings. The monoisotopic (exact) mass is 576 g/mol. The molecule has 0 aliphatic carbocycles. The van der Waals surface area contributed by atoms with E-state index in [4.69, 9.17) is 9.47 Å². The number of carbonyl (C=O) groups is 2. The van der Waals surface area contributed by atoms with Gasteiger partial charge in [0.15, 0.2) is 0 Å². The van der Waals surface area contributed by atoms with Crippen LogP contribution in [0.15, 0.2) is 48.5 Å². The topological polar surface area (TPSA) is 81.2 Å². The van der Waals surface area contributed by atoms with Crippen molar-refractivity contribution in [1.82, 2.24) is 0 Å². The van der Waals surface area contributed by atoms with Gasteiger partial charge < -0.3 is 37.1 Å². The molecule has 0 saturated carbocycles. The number of esters is 1. The molecule has 37 heavy (non-hydrogen) atoms. The molecule has 0 aromatic heterocycles. The smallest absolute Gasteiger partial charge is 0.338 e. The SMILES string of the molecule is CCCCCCCCCOc1ccccc1C(=O)Nc1ccc(C(=O)OCC[NH2+]C(CC)CC)cc1.[Br-]. The molecule has 0 heterocycles. The van der Waals surface area contributed by atoms with Crippen LogP contribution in [0.2, 0.25) is 0 Å². The van der Waals surface area contributed by atoms with E-state index < -0.39 is 0 Å². The van der Waals surface area contributed by atoms with Gasteiger partial charge in [0.05, 0.1) is 23.8 Å². The lowest BCUT2D eigenvalue weighted by Crippen LogP contribution is -3.00. The predicted molar refractivity (Wildman–Crippen MR) is 146 cm³/mol. The Morgan fingerprint density at radius 1 is 0.838 bits per heavy atom. The first-order valence-electron chi connectivity index (χ1n) is 13.7. The van der Waals surface area contributed by atoms with Gasteiger partial charge in [-0.3, -0.25) is 4.79 Å². The first kappa shape index (κ1) is 32.6. The van der Waals surface area contributed by atoms with E-state index in [2.05, 4.69) is 31.4 Å². The van der Waals surface area contributed by atoms with Gasteiger partial charge in [-0.1, -0.05) is 71.4 Å². The van der Waals surface area contributed by atoms with Gasteiger partial charge in [-0.15, -0.1) is 0 Å². The molecule has 0 unspecified atom stereocenters. The highest BCUT2D eigenvalue weighted by Gasteiger charge is 2.14. The average molecular weight is 578 g/mol. The molecule has 0 fully saturated rings. The molecule has 0 bridgehead atoms. The molecule has 206 valence electrons. The number of halogens is 1. The molecule has 2 aromatic rings. The molecule has 2 aromatic carbocycles. The third-order valence-electron chi connectivity index (χ3n) is 6.42. The number of carbonyl (C=O) groups excluding carboxylic acids is 2. The van der Waals surface area contributed by atoms with E-state index in [9.17, 15) is 9.59 Å². The fourth-order valence-electron chi connectivity index (χ4n) is 4.07. The molecule has 3 N–H and O–H groups in total. The highest BCUT2D eigenvalue weighted by molar-refractivity contribution is 6.06. The number of benzene rings is 2. The largest absolute Gasteiger partial charge is 1.00 e. The summed E-state index contributed by atoms with van der Waals surface area (Å²) in [6.07, 6.45) is 10.7. The minimum absolute atomic E-state index is 0. The van der Waals surface area contributed by atoms with E-state index in [-0.39, 0.29) is 28.9 Å². The van der Waals surface area contributed by atoms with Crippen molar-refractivity contribution in [3.63, 3.8) is 0 Å². The Morgan fingerprint density at radius 3 is 2.16 bits per heavy atom. The van der Waals surface area contributed by atoms with E-state index >= 15 is 0 Å². The third kappa shape index (κ3) is 12.6. The molecule has 0 radical (unpaired) electrons. The molecule has 2 rings (SSSR count). The minimum Gasteiger partial charge on any atom is -1.00 e. The van der Waals surface area contributed by atoms with E-state index in [0.717, 1.165) is 32.2 Å². The number of anilines is 1. The summed E-state index contributed by atoms with van der Waals surface area (Å²) in [7, 11) is 0. The predicted octanol–water partition coefficient (Wildman–Crippen LogP) is 2.98. The number of unbranched alkanes of at least 4 members (excludes halogenated alkanes) is 6. The van der Waals surface area contributed by atoms with Gasteiger partial charge in [-0.05, 0) is 55.7 Å². The molecule has 0 saturated heterocycles. The Labute approximate surface area is 233 Å². The van der Waals surface area contributed by atoms with E-state index in [1.165, 1.54) is 32.1 Å². The second kappa shape index (κ2) is 19.7.